The van der Waals surface area contributed by atoms with Crippen molar-refractivity contribution >= 4 is 36.6 Å². The zero-order valence-corrected chi connectivity index (χ0v) is 31.7. The van der Waals surface area contributed by atoms with Crippen molar-refractivity contribution in [3.05, 3.63) is 168 Å². The van der Waals surface area contributed by atoms with E-state index in [2.05, 4.69) is 191 Å². The van der Waals surface area contributed by atoms with Crippen molar-refractivity contribution in [2.75, 3.05) is 23.7 Å². The Morgan fingerprint density at radius 3 is 1.29 bits per heavy atom. The van der Waals surface area contributed by atoms with Crippen molar-refractivity contribution in [2.24, 2.45) is 0 Å². The topological polar surface area (TPSA) is 24.1 Å². The normalized spacial score (nSPS) is 9.88. The molecular weight excluding hydrogens is 633 g/mol. The molecule has 0 aliphatic carbocycles. The van der Waals surface area contributed by atoms with Crippen molar-refractivity contribution in [2.45, 2.75) is 57.8 Å². The van der Waals surface area contributed by atoms with Gasteiger partial charge in [-0.15, -0.1) is 25.3 Å². The SMILES string of the molecule is CC.CCNc1cc(-c2ccccc2)ccc1S.Cc1ccccc1C.Cc1ccccc1CCNc1cc(-c2ccccc2)ccc1S. The van der Waals surface area contributed by atoms with E-state index in [1.54, 1.807) is 0 Å². The first-order valence-electron chi connectivity index (χ1n) is 17.2. The highest BCUT2D eigenvalue weighted by molar-refractivity contribution is 7.80. The molecule has 49 heavy (non-hydrogen) atoms. The monoisotopic (exact) mass is 684 g/mol. The molecule has 254 valence electrons. The second kappa shape index (κ2) is 21.6. The minimum Gasteiger partial charge on any atom is -0.384 e. The third kappa shape index (κ3) is 12.9. The highest BCUT2D eigenvalue weighted by atomic mass is 32.1. The Balaban J connectivity index is 0.000000216. The number of hydrogen-bond acceptors (Lipinski definition) is 4. The highest BCUT2D eigenvalue weighted by Crippen LogP contribution is 2.29. The molecule has 6 aromatic carbocycles. The quantitative estimate of drug-likeness (QED) is 0.120. The molecular formula is C45H52N2S2. The summed E-state index contributed by atoms with van der Waals surface area (Å²) in [6.45, 7) is 14.3. The number of rotatable bonds is 8. The molecule has 4 heteroatoms. The lowest BCUT2D eigenvalue weighted by Crippen LogP contribution is -2.06. The summed E-state index contributed by atoms with van der Waals surface area (Å²) in [5.74, 6) is 0. The maximum absolute atomic E-state index is 4.58. The summed E-state index contributed by atoms with van der Waals surface area (Å²) >= 11 is 9.00. The van der Waals surface area contributed by atoms with E-state index in [0.717, 1.165) is 40.7 Å². The molecule has 2 nitrogen and oxygen atoms in total. The summed E-state index contributed by atoms with van der Waals surface area (Å²) in [6.07, 6.45) is 1.01. The van der Waals surface area contributed by atoms with Gasteiger partial charge in [0, 0.05) is 34.3 Å². The van der Waals surface area contributed by atoms with Gasteiger partial charge in [0.15, 0.2) is 0 Å². The molecule has 0 heterocycles. The fourth-order valence-electron chi connectivity index (χ4n) is 5.05. The summed E-state index contributed by atoms with van der Waals surface area (Å²) in [5.41, 5.74) is 12.5. The maximum atomic E-state index is 4.58. The van der Waals surface area contributed by atoms with Gasteiger partial charge in [0.05, 0.1) is 0 Å². The molecule has 0 aromatic heterocycles. The van der Waals surface area contributed by atoms with Crippen LogP contribution in [0.4, 0.5) is 11.4 Å². The van der Waals surface area contributed by atoms with Crippen LogP contribution >= 0.6 is 25.3 Å². The summed E-state index contributed by atoms with van der Waals surface area (Å²) in [6, 6.07) is 50.3. The minimum absolute atomic E-state index is 0.899. The van der Waals surface area contributed by atoms with Gasteiger partial charge in [0.25, 0.3) is 0 Å². The second-order valence-corrected chi connectivity index (χ2v) is 12.4. The Morgan fingerprint density at radius 2 is 0.857 bits per heavy atom. The Bertz CT molecular complexity index is 1800. The van der Waals surface area contributed by atoms with Crippen LogP contribution in [0.1, 0.15) is 43.0 Å². The molecule has 0 saturated heterocycles. The number of nitrogens with one attached hydrogen (secondary N) is 2. The van der Waals surface area contributed by atoms with Crippen LogP contribution in [0.25, 0.3) is 22.3 Å². The fraction of sp³-hybridized carbons (Fsp3) is 0.200. The second-order valence-electron chi connectivity index (χ2n) is 11.4. The molecule has 0 aliphatic rings. The zero-order valence-electron chi connectivity index (χ0n) is 29.9. The average Bonchev–Trinajstić information content (AvgIpc) is 3.14. The Hall–Kier alpha value is -4.38. The number of hydrogen-bond donors (Lipinski definition) is 4. The van der Waals surface area contributed by atoms with Crippen LogP contribution in [0.3, 0.4) is 0 Å². The van der Waals surface area contributed by atoms with Crippen LogP contribution in [0, 0.1) is 20.8 Å². The Kier molecular flexibility index (Phi) is 17.2. The summed E-state index contributed by atoms with van der Waals surface area (Å²) in [5, 5.41) is 6.83. The Labute approximate surface area is 306 Å². The van der Waals surface area contributed by atoms with Crippen molar-refractivity contribution < 1.29 is 0 Å². The fourth-order valence-corrected chi connectivity index (χ4v) is 5.49. The first-order chi connectivity index (χ1) is 23.9. The third-order valence-electron chi connectivity index (χ3n) is 7.97. The Morgan fingerprint density at radius 1 is 0.449 bits per heavy atom. The van der Waals surface area contributed by atoms with Crippen molar-refractivity contribution in [1.29, 1.82) is 0 Å². The minimum atomic E-state index is 0.899. The molecule has 6 aromatic rings. The number of benzene rings is 6. The molecule has 0 bridgehead atoms. The van der Waals surface area contributed by atoms with E-state index < -0.39 is 0 Å². The van der Waals surface area contributed by atoms with E-state index in [4.69, 9.17) is 0 Å². The molecule has 0 saturated carbocycles. The zero-order chi connectivity index (χ0) is 35.4. The summed E-state index contributed by atoms with van der Waals surface area (Å²) in [7, 11) is 0. The van der Waals surface area contributed by atoms with Crippen LogP contribution in [0.2, 0.25) is 0 Å². The molecule has 0 fully saturated rings. The van der Waals surface area contributed by atoms with Crippen LogP contribution in [-0.4, -0.2) is 13.1 Å². The van der Waals surface area contributed by atoms with Gasteiger partial charge in [0.2, 0.25) is 0 Å². The van der Waals surface area contributed by atoms with E-state index in [1.165, 1.54) is 44.5 Å². The number of anilines is 2. The van der Waals surface area contributed by atoms with Gasteiger partial charge >= 0.3 is 0 Å². The van der Waals surface area contributed by atoms with E-state index in [-0.39, 0.29) is 0 Å². The molecule has 0 amide bonds. The lowest BCUT2D eigenvalue weighted by Gasteiger charge is -2.12. The van der Waals surface area contributed by atoms with Gasteiger partial charge < -0.3 is 10.6 Å². The van der Waals surface area contributed by atoms with E-state index >= 15 is 0 Å². The van der Waals surface area contributed by atoms with Crippen LogP contribution < -0.4 is 10.6 Å². The summed E-state index contributed by atoms with van der Waals surface area (Å²) in [4.78, 5) is 1.97. The summed E-state index contributed by atoms with van der Waals surface area (Å²) < 4.78 is 0. The molecule has 0 aliphatic heterocycles. The van der Waals surface area contributed by atoms with E-state index in [9.17, 15) is 0 Å². The van der Waals surface area contributed by atoms with Gasteiger partial charge in [-0.25, -0.2) is 0 Å². The maximum Gasteiger partial charge on any atom is 0.0482 e. The number of thiol groups is 2. The molecule has 6 rings (SSSR count). The molecule has 0 radical (unpaired) electrons. The average molecular weight is 685 g/mol. The van der Waals surface area contributed by atoms with Crippen molar-refractivity contribution in [3.8, 4) is 22.3 Å². The lowest BCUT2D eigenvalue weighted by atomic mass is 10.0. The highest BCUT2D eigenvalue weighted by Gasteiger charge is 2.04. The molecule has 0 atom stereocenters. The first-order valence-corrected chi connectivity index (χ1v) is 18.1. The predicted octanol–water partition coefficient (Wildman–Crippen LogP) is 13.0. The number of aryl methyl sites for hydroxylation is 3. The molecule has 0 unspecified atom stereocenters. The standard InChI is InChI=1S/C21H21NS.C14H15NS.C8H10.C2H6/c1-16-7-5-6-8-17(16)13-14-22-20-15-19(11-12-21(20)23)18-9-3-2-4-10-18;1-2-15-13-10-12(8-9-14(13)16)11-6-4-3-5-7-11;1-7-5-3-4-6-8(7)2;1-2/h2-12,15,22-23H,13-14H2,1H3;3-10,15-16H,2H2,1H3;3-6H,1-2H3;1-2H3. The van der Waals surface area contributed by atoms with Crippen LogP contribution in [0.5, 0.6) is 0 Å². The molecule has 2 N–H and O–H groups in total. The first kappa shape index (κ1) is 39.1. The molecule has 0 spiro atoms. The third-order valence-corrected chi connectivity index (χ3v) is 8.75. The van der Waals surface area contributed by atoms with Gasteiger partial charge in [-0.1, -0.05) is 135 Å². The smallest absolute Gasteiger partial charge is 0.0482 e. The van der Waals surface area contributed by atoms with E-state index in [1.807, 2.05) is 32.0 Å². The lowest BCUT2D eigenvalue weighted by molar-refractivity contribution is 1.000. The van der Waals surface area contributed by atoms with Crippen LogP contribution in [0.15, 0.2) is 155 Å². The van der Waals surface area contributed by atoms with Gasteiger partial charge in [-0.3, -0.25) is 0 Å². The predicted molar refractivity (Wildman–Crippen MR) is 223 cm³/mol. The van der Waals surface area contributed by atoms with Gasteiger partial charge in [-0.05, 0) is 103 Å². The van der Waals surface area contributed by atoms with Crippen molar-refractivity contribution in [3.63, 3.8) is 0 Å². The van der Waals surface area contributed by atoms with E-state index in [0.29, 0.717) is 0 Å². The van der Waals surface area contributed by atoms with Gasteiger partial charge in [0.1, 0.15) is 0 Å². The largest absolute Gasteiger partial charge is 0.384 e. The van der Waals surface area contributed by atoms with Crippen LogP contribution in [-0.2, 0) is 6.42 Å². The van der Waals surface area contributed by atoms with Gasteiger partial charge in [-0.2, -0.15) is 0 Å². The van der Waals surface area contributed by atoms with Crippen molar-refractivity contribution in [1.82, 2.24) is 0 Å².